The number of para-hydroxylation sites is 1. The molecule has 3 aromatic rings. The molecule has 2 aromatic carbocycles. The zero-order valence-electron chi connectivity index (χ0n) is 16.3. The Balaban J connectivity index is 1.23. The van der Waals surface area contributed by atoms with Crippen molar-refractivity contribution in [1.29, 1.82) is 0 Å². The van der Waals surface area contributed by atoms with Crippen molar-refractivity contribution < 1.29 is 19.3 Å². The second kappa shape index (κ2) is 7.46. The Hall–Kier alpha value is -2.26. The number of β-amino-alcohol motifs (C(OH)–C–C–N with tert-alkyl or cyclic N) is 2. The van der Waals surface area contributed by atoms with Crippen LogP contribution in [0.25, 0.3) is 10.2 Å². The van der Waals surface area contributed by atoms with Crippen LogP contribution in [-0.2, 0) is 0 Å². The maximum atomic E-state index is 14.3. The molecule has 2 aliphatic rings. The summed E-state index contributed by atoms with van der Waals surface area (Å²) < 4.78 is 20.8. The van der Waals surface area contributed by atoms with Crippen molar-refractivity contribution in [2.24, 2.45) is 5.92 Å². The number of H-pyrrole nitrogens is 1. The highest BCUT2D eigenvalue weighted by molar-refractivity contribution is 7.16. The van der Waals surface area contributed by atoms with Gasteiger partial charge >= 0.3 is 4.87 Å². The first-order valence-electron chi connectivity index (χ1n) is 10.1. The van der Waals surface area contributed by atoms with Gasteiger partial charge in [-0.3, -0.25) is 9.69 Å². The monoisotopic (exact) mass is 430 g/mol. The van der Waals surface area contributed by atoms with Crippen molar-refractivity contribution in [1.82, 2.24) is 9.88 Å². The maximum Gasteiger partial charge on any atom is 0.305 e. The average molecular weight is 431 g/mol. The topological polar surface area (TPSA) is 85.8 Å². The fraction of sp³-hybridized carbons (Fsp3) is 0.409. The molecule has 4 atom stereocenters. The highest BCUT2D eigenvalue weighted by Crippen LogP contribution is 2.43. The van der Waals surface area contributed by atoms with Gasteiger partial charge in [0.15, 0.2) is 0 Å². The Morgan fingerprint density at radius 2 is 2.13 bits per heavy atom. The minimum Gasteiger partial charge on any atom is -0.490 e. The third kappa shape index (κ3) is 3.65. The van der Waals surface area contributed by atoms with Crippen LogP contribution in [0.3, 0.4) is 0 Å². The summed E-state index contributed by atoms with van der Waals surface area (Å²) in [5, 5.41) is 21.8. The summed E-state index contributed by atoms with van der Waals surface area (Å²) in [5.41, 5.74) is -0.228. The first-order chi connectivity index (χ1) is 14.4. The largest absolute Gasteiger partial charge is 0.490 e. The molecule has 1 aliphatic heterocycles. The fourth-order valence-corrected chi connectivity index (χ4v) is 5.67. The molecule has 5 rings (SSSR count). The summed E-state index contributed by atoms with van der Waals surface area (Å²) in [6, 6.07) is 12.5. The van der Waals surface area contributed by atoms with Crippen LogP contribution in [0, 0.1) is 11.7 Å². The Morgan fingerprint density at radius 1 is 1.33 bits per heavy atom. The summed E-state index contributed by atoms with van der Waals surface area (Å²) in [6.45, 7) is 1.41. The number of aliphatic hydroxyl groups excluding tert-OH is 1. The molecule has 0 amide bonds. The quantitative estimate of drug-likeness (QED) is 0.580. The predicted molar refractivity (Wildman–Crippen MR) is 112 cm³/mol. The number of halogens is 1. The van der Waals surface area contributed by atoms with Gasteiger partial charge in [-0.25, -0.2) is 4.39 Å². The molecule has 6 nitrogen and oxygen atoms in total. The van der Waals surface area contributed by atoms with E-state index in [1.165, 1.54) is 6.07 Å². The molecule has 0 bridgehead atoms. The lowest BCUT2D eigenvalue weighted by molar-refractivity contribution is 0.0178. The number of aliphatic hydroxyl groups is 2. The van der Waals surface area contributed by atoms with E-state index in [1.807, 2.05) is 35.2 Å². The summed E-state index contributed by atoms with van der Waals surface area (Å²) in [5.74, 6) is 0.341. The number of benzene rings is 2. The highest BCUT2D eigenvalue weighted by Gasteiger charge is 2.52. The number of aromatic amines is 1. The predicted octanol–water partition coefficient (Wildman–Crippen LogP) is 2.67. The standard InChI is InChI=1S/C22H23FN2O4S/c23-17-6-13(7-19-20(17)24-21(27)30-19)18(26)11-25-10-14-8-16(9-22(14,28)12-25)29-15-4-2-1-3-5-15/h1-7,14,16,18,26,28H,8-12H2,(H,24,27)/t14-,16+,18?,22-/m1/s1. The van der Waals surface area contributed by atoms with Gasteiger partial charge in [0.1, 0.15) is 17.7 Å². The van der Waals surface area contributed by atoms with E-state index in [1.54, 1.807) is 6.07 Å². The van der Waals surface area contributed by atoms with Crippen molar-refractivity contribution in [3.05, 3.63) is 63.5 Å². The van der Waals surface area contributed by atoms with Gasteiger partial charge in [-0.1, -0.05) is 29.5 Å². The van der Waals surface area contributed by atoms with E-state index < -0.39 is 17.5 Å². The molecule has 8 heteroatoms. The zero-order valence-corrected chi connectivity index (χ0v) is 17.1. The highest BCUT2D eigenvalue weighted by atomic mass is 32.1. The smallest absolute Gasteiger partial charge is 0.305 e. The second-order valence-corrected chi connectivity index (χ2v) is 9.41. The van der Waals surface area contributed by atoms with Crippen LogP contribution in [0.5, 0.6) is 5.75 Å². The van der Waals surface area contributed by atoms with E-state index in [0.717, 1.165) is 23.5 Å². The Morgan fingerprint density at radius 3 is 2.90 bits per heavy atom. The number of aromatic nitrogens is 1. The number of likely N-dealkylation sites (tertiary alicyclic amines) is 1. The third-order valence-electron chi connectivity index (χ3n) is 6.23. The molecular formula is C22H23FN2O4S. The lowest BCUT2D eigenvalue weighted by Gasteiger charge is -2.25. The van der Waals surface area contributed by atoms with Gasteiger partial charge in [-0.2, -0.15) is 0 Å². The van der Waals surface area contributed by atoms with Crippen LogP contribution < -0.4 is 9.61 Å². The molecule has 1 saturated carbocycles. The summed E-state index contributed by atoms with van der Waals surface area (Å²) >= 11 is 0.925. The number of hydrogen-bond donors (Lipinski definition) is 3. The maximum absolute atomic E-state index is 14.3. The molecule has 1 saturated heterocycles. The van der Waals surface area contributed by atoms with Gasteiger partial charge in [0, 0.05) is 32.0 Å². The Bertz CT molecular complexity index is 1120. The molecule has 158 valence electrons. The van der Waals surface area contributed by atoms with E-state index in [0.29, 0.717) is 36.3 Å². The number of nitrogens with zero attached hydrogens (tertiary/aromatic N) is 1. The van der Waals surface area contributed by atoms with Crippen LogP contribution in [0.4, 0.5) is 4.39 Å². The zero-order chi connectivity index (χ0) is 20.9. The molecule has 30 heavy (non-hydrogen) atoms. The lowest BCUT2D eigenvalue weighted by atomic mass is 9.95. The van der Waals surface area contributed by atoms with Gasteiger partial charge < -0.3 is 19.9 Å². The van der Waals surface area contributed by atoms with E-state index in [9.17, 15) is 19.4 Å². The average Bonchev–Trinajstić information content (AvgIpc) is 3.30. The molecule has 0 spiro atoms. The van der Waals surface area contributed by atoms with Crippen LogP contribution in [0.2, 0.25) is 0 Å². The number of ether oxygens (including phenoxy) is 1. The molecule has 1 aromatic heterocycles. The van der Waals surface area contributed by atoms with Gasteiger partial charge in [-0.05, 0) is 36.2 Å². The minimum absolute atomic E-state index is 0.0256. The van der Waals surface area contributed by atoms with E-state index in [4.69, 9.17) is 4.74 Å². The van der Waals surface area contributed by atoms with Crippen molar-refractivity contribution in [3.8, 4) is 5.75 Å². The summed E-state index contributed by atoms with van der Waals surface area (Å²) in [4.78, 5) is 15.6. The molecule has 2 heterocycles. The molecule has 1 unspecified atom stereocenters. The minimum atomic E-state index is -0.903. The van der Waals surface area contributed by atoms with Crippen LogP contribution in [0.15, 0.2) is 47.3 Å². The molecule has 2 fully saturated rings. The number of fused-ring (bicyclic) bond motifs is 2. The number of thiazole rings is 1. The SMILES string of the molecule is O=c1[nH]c2c(F)cc(C(O)CN3C[C@H]4C[C@H](Oc5ccccc5)C[C@@]4(O)C3)cc2s1. The van der Waals surface area contributed by atoms with Gasteiger partial charge in [0.25, 0.3) is 0 Å². The van der Waals surface area contributed by atoms with E-state index in [-0.39, 0.29) is 22.4 Å². The number of hydrogen-bond acceptors (Lipinski definition) is 6. The molecular weight excluding hydrogens is 407 g/mol. The normalized spacial score (nSPS) is 27.4. The summed E-state index contributed by atoms with van der Waals surface area (Å²) in [7, 11) is 0. The van der Waals surface area contributed by atoms with E-state index in [2.05, 4.69) is 4.98 Å². The first-order valence-corrected chi connectivity index (χ1v) is 10.9. The van der Waals surface area contributed by atoms with Gasteiger partial charge in [-0.15, -0.1) is 0 Å². The fourth-order valence-electron chi connectivity index (χ4n) is 4.88. The lowest BCUT2D eigenvalue weighted by Crippen LogP contribution is -2.36. The summed E-state index contributed by atoms with van der Waals surface area (Å²) in [6.07, 6.45) is 0.384. The number of nitrogens with one attached hydrogen (secondary N) is 1. The van der Waals surface area contributed by atoms with E-state index >= 15 is 0 Å². The van der Waals surface area contributed by atoms with Crippen molar-refractivity contribution in [2.45, 2.75) is 30.7 Å². The second-order valence-electron chi connectivity index (χ2n) is 8.39. The molecule has 0 radical (unpaired) electrons. The Kier molecular flexibility index (Phi) is 4.89. The third-order valence-corrected chi connectivity index (χ3v) is 7.06. The first kappa shape index (κ1) is 19.7. The Labute approximate surface area is 176 Å². The van der Waals surface area contributed by atoms with Gasteiger partial charge in [0.2, 0.25) is 0 Å². The van der Waals surface area contributed by atoms with Crippen molar-refractivity contribution in [3.63, 3.8) is 0 Å². The molecule has 1 aliphatic carbocycles. The number of rotatable bonds is 5. The van der Waals surface area contributed by atoms with Crippen LogP contribution in [0.1, 0.15) is 24.5 Å². The molecule has 3 N–H and O–H groups in total. The van der Waals surface area contributed by atoms with Crippen LogP contribution in [-0.4, -0.2) is 51.4 Å². The van der Waals surface area contributed by atoms with Crippen molar-refractivity contribution >= 4 is 21.6 Å². The van der Waals surface area contributed by atoms with Crippen LogP contribution >= 0.6 is 11.3 Å². The van der Waals surface area contributed by atoms with Crippen molar-refractivity contribution in [2.75, 3.05) is 19.6 Å². The van der Waals surface area contributed by atoms with Gasteiger partial charge in [0.05, 0.1) is 21.9 Å².